The number of aliphatic hydroxyl groups is 1. The van der Waals surface area contributed by atoms with Gasteiger partial charge >= 0.3 is 0 Å². The summed E-state index contributed by atoms with van der Waals surface area (Å²) in [5.41, 5.74) is 0. The fraction of sp³-hybridized carbons (Fsp3) is 0.909. The van der Waals surface area contributed by atoms with Crippen LogP contribution >= 0.6 is 7.82 Å². The van der Waals surface area contributed by atoms with Crippen molar-refractivity contribution in [3.05, 3.63) is 0 Å². The first kappa shape index (κ1) is 19.5. The zero-order chi connectivity index (χ0) is 16.0. The minimum Gasteiger partial charge on any atom is -0.756 e. The number of carbonyl (C=O) groups is 1. The molecule has 120 valence electrons. The van der Waals surface area contributed by atoms with Crippen molar-refractivity contribution < 1.29 is 32.9 Å². The second-order valence-corrected chi connectivity index (χ2v) is 7.05. The van der Waals surface area contributed by atoms with Crippen molar-refractivity contribution in [2.24, 2.45) is 0 Å². The van der Waals surface area contributed by atoms with Gasteiger partial charge in [0.2, 0.25) is 5.91 Å². The second kappa shape index (κ2) is 8.07. The molecule has 0 spiro atoms. The Morgan fingerprint density at radius 2 is 1.95 bits per heavy atom. The summed E-state index contributed by atoms with van der Waals surface area (Å²) in [5, 5.41) is 11.8. The average molecular weight is 312 g/mol. The number of phosphoric ester groups is 1. The fourth-order valence-corrected chi connectivity index (χ4v) is 1.92. The Morgan fingerprint density at radius 1 is 1.40 bits per heavy atom. The van der Waals surface area contributed by atoms with Crippen LogP contribution in [0.4, 0.5) is 0 Å². The first-order chi connectivity index (χ1) is 8.93. The molecular formula is C11H25N2O6P. The maximum atomic E-state index is 11.5. The summed E-state index contributed by atoms with van der Waals surface area (Å²) < 4.78 is 21.4. The number of carbonyl (C=O) groups excluding carboxylic acids is 1. The molecule has 3 atom stereocenters. The summed E-state index contributed by atoms with van der Waals surface area (Å²) in [7, 11) is 1.27. The van der Waals surface area contributed by atoms with Gasteiger partial charge in [-0.15, -0.1) is 0 Å². The highest BCUT2D eigenvalue weighted by Gasteiger charge is 2.20. The van der Waals surface area contributed by atoms with E-state index in [0.717, 1.165) is 0 Å². The second-order valence-electron chi connectivity index (χ2n) is 5.64. The number of phosphoric acid groups is 1. The van der Waals surface area contributed by atoms with Crippen molar-refractivity contribution in [1.82, 2.24) is 5.32 Å². The van der Waals surface area contributed by atoms with Crippen molar-refractivity contribution in [2.75, 3.05) is 40.9 Å². The monoisotopic (exact) mass is 312 g/mol. The first-order valence-electron chi connectivity index (χ1n) is 6.29. The van der Waals surface area contributed by atoms with Crippen molar-refractivity contribution in [3.8, 4) is 0 Å². The molecule has 9 heteroatoms. The zero-order valence-corrected chi connectivity index (χ0v) is 13.6. The van der Waals surface area contributed by atoms with Crippen molar-refractivity contribution in [2.45, 2.75) is 26.0 Å². The van der Waals surface area contributed by atoms with Gasteiger partial charge in [-0.05, 0) is 6.92 Å². The van der Waals surface area contributed by atoms with Crippen molar-refractivity contribution in [1.29, 1.82) is 0 Å². The van der Waals surface area contributed by atoms with Crippen LogP contribution < -0.4 is 10.2 Å². The van der Waals surface area contributed by atoms with Crippen LogP contribution in [0.1, 0.15) is 13.8 Å². The lowest BCUT2D eigenvalue weighted by Crippen LogP contribution is -2.44. The molecule has 0 aliphatic carbocycles. The summed E-state index contributed by atoms with van der Waals surface area (Å²) in [6, 6.07) is -0.809. The zero-order valence-electron chi connectivity index (χ0n) is 12.7. The van der Waals surface area contributed by atoms with Gasteiger partial charge in [0.15, 0.2) is 0 Å². The Bertz CT molecular complexity index is 355. The summed E-state index contributed by atoms with van der Waals surface area (Å²) in [6.07, 6.45) is -0.940. The fourth-order valence-electron chi connectivity index (χ4n) is 1.20. The first-order valence-corrected chi connectivity index (χ1v) is 7.75. The smallest absolute Gasteiger partial charge is 0.268 e. The highest BCUT2D eigenvalue weighted by Crippen LogP contribution is 2.38. The van der Waals surface area contributed by atoms with Crippen molar-refractivity contribution >= 4 is 13.7 Å². The van der Waals surface area contributed by atoms with Crippen LogP contribution in [0, 0.1) is 0 Å². The van der Waals surface area contributed by atoms with Crippen LogP contribution in [-0.4, -0.2) is 68.5 Å². The molecule has 1 unspecified atom stereocenters. The predicted octanol–water partition coefficient (Wildman–Crippen LogP) is -0.920. The maximum Gasteiger partial charge on any atom is 0.268 e. The van der Waals surface area contributed by atoms with Crippen LogP contribution in [0.2, 0.25) is 0 Å². The third kappa shape index (κ3) is 10.3. The summed E-state index contributed by atoms with van der Waals surface area (Å²) in [5.74, 6) is -0.383. The number of likely N-dealkylation sites (N-methyl/N-ethyl adjacent to an activating group) is 1. The number of hydrogen-bond donors (Lipinski definition) is 2. The third-order valence-corrected chi connectivity index (χ3v) is 3.36. The standard InChI is InChI=1S/C11H25N2O6P/c1-9(14)11(12-10(2)15)8-19-20(16,17)18-7-6-13(3,4)5/h9,11,14H,6-8H2,1-5H3,(H-,12,15,16,17)/t9-,11+/m1/s1. The van der Waals surface area contributed by atoms with Gasteiger partial charge in [0.25, 0.3) is 7.82 Å². The van der Waals surface area contributed by atoms with Crippen LogP contribution in [0.5, 0.6) is 0 Å². The quantitative estimate of drug-likeness (QED) is 0.421. The van der Waals surface area contributed by atoms with E-state index in [1.54, 1.807) is 0 Å². The van der Waals surface area contributed by atoms with E-state index in [0.29, 0.717) is 11.0 Å². The largest absolute Gasteiger partial charge is 0.756 e. The van der Waals surface area contributed by atoms with Gasteiger partial charge in [-0.1, -0.05) is 0 Å². The summed E-state index contributed by atoms with van der Waals surface area (Å²) >= 11 is 0. The van der Waals surface area contributed by atoms with E-state index in [1.807, 2.05) is 21.1 Å². The Labute approximate surface area is 119 Å². The van der Waals surface area contributed by atoms with E-state index in [2.05, 4.69) is 9.84 Å². The molecule has 20 heavy (non-hydrogen) atoms. The predicted molar refractivity (Wildman–Crippen MR) is 71.7 cm³/mol. The number of quaternary nitrogens is 1. The number of rotatable bonds is 9. The lowest BCUT2D eigenvalue weighted by molar-refractivity contribution is -0.870. The molecule has 8 nitrogen and oxygen atoms in total. The topological polar surface area (TPSA) is 108 Å². The highest BCUT2D eigenvalue weighted by atomic mass is 31.2. The molecule has 0 saturated carbocycles. The van der Waals surface area contributed by atoms with Gasteiger partial charge in [-0.25, -0.2) is 0 Å². The van der Waals surface area contributed by atoms with Gasteiger partial charge in [-0.2, -0.15) is 0 Å². The number of amides is 1. The van der Waals surface area contributed by atoms with Gasteiger partial charge < -0.3 is 28.8 Å². The van der Waals surface area contributed by atoms with E-state index in [-0.39, 0.29) is 19.1 Å². The van der Waals surface area contributed by atoms with Crippen LogP contribution in [0.3, 0.4) is 0 Å². The Kier molecular flexibility index (Phi) is 7.87. The summed E-state index contributed by atoms with van der Waals surface area (Å²) in [6.45, 7) is 2.83. The van der Waals surface area contributed by atoms with Gasteiger partial charge in [0.05, 0.1) is 39.9 Å². The molecule has 0 saturated heterocycles. The Balaban J connectivity index is 4.24. The maximum absolute atomic E-state index is 11.5. The minimum absolute atomic E-state index is 0.00373. The lowest BCUT2D eigenvalue weighted by atomic mass is 10.2. The van der Waals surface area contributed by atoms with E-state index in [1.165, 1.54) is 13.8 Å². The van der Waals surface area contributed by atoms with Crippen molar-refractivity contribution in [3.63, 3.8) is 0 Å². The number of aliphatic hydroxyl groups excluding tert-OH is 1. The lowest BCUT2D eigenvalue weighted by Gasteiger charge is -2.29. The molecule has 2 N–H and O–H groups in total. The molecule has 0 aromatic heterocycles. The molecule has 0 fully saturated rings. The number of nitrogens with one attached hydrogen (secondary N) is 1. The molecule has 0 rings (SSSR count). The third-order valence-electron chi connectivity index (χ3n) is 2.39. The normalized spacial score (nSPS) is 18.1. The Morgan fingerprint density at radius 3 is 2.35 bits per heavy atom. The molecule has 0 aromatic carbocycles. The highest BCUT2D eigenvalue weighted by molar-refractivity contribution is 7.45. The molecular weight excluding hydrogens is 287 g/mol. The van der Waals surface area contributed by atoms with E-state index in [4.69, 9.17) is 4.52 Å². The van der Waals surface area contributed by atoms with Gasteiger partial charge in [0.1, 0.15) is 13.2 Å². The molecule has 0 radical (unpaired) electrons. The number of hydrogen-bond acceptors (Lipinski definition) is 6. The molecule has 0 aliphatic rings. The Hall–Kier alpha value is -0.500. The molecule has 0 heterocycles. The summed E-state index contributed by atoms with van der Waals surface area (Å²) in [4.78, 5) is 22.4. The van der Waals surface area contributed by atoms with E-state index < -0.39 is 20.0 Å². The molecule has 0 aliphatic heterocycles. The molecule has 0 bridgehead atoms. The molecule has 1 amide bonds. The van der Waals surface area contributed by atoms with Crippen LogP contribution in [-0.2, 0) is 18.4 Å². The van der Waals surface area contributed by atoms with Gasteiger partial charge in [0, 0.05) is 6.92 Å². The number of nitrogens with zero attached hydrogens (tertiary/aromatic N) is 1. The SMILES string of the molecule is CC(=O)N[C@@H](COP(=O)([O-])OCC[N+](C)(C)C)[C@@H](C)O. The van der Waals surface area contributed by atoms with Gasteiger partial charge in [-0.3, -0.25) is 9.36 Å². The minimum atomic E-state index is -4.44. The van der Waals surface area contributed by atoms with E-state index >= 15 is 0 Å². The van der Waals surface area contributed by atoms with E-state index in [9.17, 15) is 19.4 Å². The average Bonchev–Trinajstić information content (AvgIpc) is 2.21. The molecule has 0 aromatic rings. The van der Waals surface area contributed by atoms with Crippen LogP contribution in [0.25, 0.3) is 0 Å². The van der Waals surface area contributed by atoms with Crippen LogP contribution in [0.15, 0.2) is 0 Å².